The van der Waals surface area contributed by atoms with Gasteiger partial charge in [0.05, 0.1) is 12.0 Å². The second-order valence-electron chi connectivity index (χ2n) is 5.40. The second kappa shape index (κ2) is 6.37. The Morgan fingerprint density at radius 3 is 2.37 bits per heavy atom. The summed E-state index contributed by atoms with van der Waals surface area (Å²) < 4.78 is 5.70. The molecule has 0 aliphatic carbocycles. The number of ether oxygens (including phenoxy) is 1. The maximum atomic E-state index is 12.5. The van der Waals surface area contributed by atoms with E-state index in [9.17, 15) is 9.59 Å². The molecule has 2 aliphatic rings. The van der Waals surface area contributed by atoms with Crippen molar-refractivity contribution in [2.45, 2.75) is 39.2 Å². The molecule has 0 radical (unpaired) electrons. The predicted octanol–water partition coefficient (Wildman–Crippen LogP) is 0.882. The van der Waals surface area contributed by atoms with Gasteiger partial charge in [-0.05, 0) is 19.3 Å². The third-order valence-electron chi connectivity index (χ3n) is 4.20. The van der Waals surface area contributed by atoms with Crippen LogP contribution in [0.15, 0.2) is 0 Å². The summed E-state index contributed by atoms with van der Waals surface area (Å²) in [4.78, 5) is 27.5. The zero-order valence-electron chi connectivity index (χ0n) is 11.9. The lowest BCUT2D eigenvalue weighted by Gasteiger charge is -2.38. The van der Waals surface area contributed by atoms with E-state index in [0.717, 1.165) is 25.9 Å². The standard InChI is InChI=1S/C14H24N2O3/c1-3-13-12(5-4-10-19-13)14(18)16-8-6-15(7-9-16)11(2)17/h12-13H,3-10H2,1-2H3. The fourth-order valence-electron chi connectivity index (χ4n) is 3.00. The number of nitrogens with zero attached hydrogens (tertiary/aromatic N) is 2. The summed E-state index contributed by atoms with van der Waals surface area (Å²) in [6, 6.07) is 0. The Bertz CT molecular complexity index is 338. The van der Waals surface area contributed by atoms with E-state index in [4.69, 9.17) is 4.74 Å². The first-order valence-corrected chi connectivity index (χ1v) is 7.29. The summed E-state index contributed by atoms with van der Waals surface area (Å²) in [5.41, 5.74) is 0. The van der Waals surface area contributed by atoms with Crippen LogP contribution in [0.1, 0.15) is 33.1 Å². The Balaban J connectivity index is 1.91. The summed E-state index contributed by atoms with van der Waals surface area (Å²) in [5, 5.41) is 0. The molecule has 2 rings (SSSR count). The highest BCUT2D eigenvalue weighted by Gasteiger charge is 2.34. The average molecular weight is 268 g/mol. The molecule has 0 spiro atoms. The fraction of sp³-hybridized carbons (Fsp3) is 0.857. The van der Waals surface area contributed by atoms with Crippen LogP contribution in [0.3, 0.4) is 0 Å². The smallest absolute Gasteiger partial charge is 0.228 e. The molecule has 19 heavy (non-hydrogen) atoms. The minimum Gasteiger partial charge on any atom is -0.377 e. The first kappa shape index (κ1) is 14.3. The second-order valence-corrected chi connectivity index (χ2v) is 5.40. The zero-order chi connectivity index (χ0) is 13.8. The molecule has 2 aliphatic heterocycles. The van der Waals surface area contributed by atoms with Gasteiger partial charge in [-0.1, -0.05) is 6.92 Å². The number of hydrogen-bond acceptors (Lipinski definition) is 3. The largest absolute Gasteiger partial charge is 0.377 e. The van der Waals surface area contributed by atoms with Crippen molar-refractivity contribution in [1.82, 2.24) is 9.80 Å². The van der Waals surface area contributed by atoms with Crippen LogP contribution in [0.25, 0.3) is 0 Å². The number of carbonyl (C=O) groups excluding carboxylic acids is 2. The van der Waals surface area contributed by atoms with Crippen LogP contribution in [-0.2, 0) is 14.3 Å². The summed E-state index contributed by atoms with van der Waals surface area (Å²) in [6.45, 7) is 7.07. The van der Waals surface area contributed by atoms with E-state index in [1.807, 2.05) is 4.90 Å². The summed E-state index contributed by atoms with van der Waals surface area (Å²) >= 11 is 0. The first-order chi connectivity index (χ1) is 9.13. The monoisotopic (exact) mass is 268 g/mol. The molecule has 0 N–H and O–H groups in total. The van der Waals surface area contributed by atoms with Gasteiger partial charge in [-0.25, -0.2) is 0 Å². The highest BCUT2D eigenvalue weighted by molar-refractivity contribution is 5.80. The minimum atomic E-state index is 0.0163. The van der Waals surface area contributed by atoms with Gasteiger partial charge < -0.3 is 14.5 Å². The summed E-state index contributed by atoms with van der Waals surface area (Å²) in [7, 11) is 0. The molecule has 2 saturated heterocycles. The molecule has 0 aromatic rings. The molecule has 2 atom stereocenters. The van der Waals surface area contributed by atoms with E-state index in [-0.39, 0.29) is 23.8 Å². The molecule has 5 nitrogen and oxygen atoms in total. The lowest BCUT2D eigenvalue weighted by Crippen LogP contribution is -2.53. The maximum Gasteiger partial charge on any atom is 0.228 e. The Morgan fingerprint density at radius 2 is 1.79 bits per heavy atom. The number of rotatable bonds is 2. The van der Waals surface area contributed by atoms with E-state index in [2.05, 4.69) is 6.92 Å². The molecule has 2 fully saturated rings. The molecule has 0 bridgehead atoms. The van der Waals surface area contributed by atoms with Gasteiger partial charge in [0.25, 0.3) is 0 Å². The van der Waals surface area contributed by atoms with Crippen LogP contribution >= 0.6 is 0 Å². The van der Waals surface area contributed by atoms with Crippen LogP contribution in [-0.4, -0.2) is 60.5 Å². The Kier molecular flexibility index (Phi) is 4.80. The Hall–Kier alpha value is -1.10. The van der Waals surface area contributed by atoms with Gasteiger partial charge in [0, 0.05) is 39.7 Å². The molecule has 0 aromatic carbocycles. The van der Waals surface area contributed by atoms with E-state index < -0.39 is 0 Å². The van der Waals surface area contributed by atoms with E-state index in [0.29, 0.717) is 26.2 Å². The molecule has 2 heterocycles. The fourth-order valence-corrected chi connectivity index (χ4v) is 3.00. The third kappa shape index (κ3) is 3.26. The minimum absolute atomic E-state index is 0.0163. The Labute approximate surface area is 114 Å². The van der Waals surface area contributed by atoms with Gasteiger partial charge in [0.1, 0.15) is 0 Å². The normalized spacial score (nSPS) is 28.3. The van der Waals surface area contributed by atoms with Gasteiger partial charge in [0.2, 0.25) is 11.8 Å². The predicted molar refractivity (Wildman–Crippen MR) is 71.6 cm³/mol. The van der Waals surface area contributed by atoms with Gasteiger partial charge >= 0.3 is 0 Å². The zero-order valence-corrected chi connectivity index (χ0v) is 11.9. The number of amides is 2. The van der Waals surface area contributed by atoms with Crippen molar-refractivity contribution in [1.29, 1.82) is 0 Å². The molecular weight excluding hydrogens is 244 g/mol. The Morgan fingerprint density at radius 1 is 1.16 bits per heavy atom. The van der Waals surface area contributed by atoms with Crippen LogP contribution in [0, 0.1) is 5.92 Å². The first-order valence-electron chi connectivity index (χ1n) is 7.29. The van der Waals surface area contributed by atoms with Gasteiger partial charge in [-0.2, -0.15) is 0 Å². The van der Waals surface area contributed by atoms with Gasteiger partial charge in [-0.15, -0.1) is 0 Å². The molecule has 2 amide bonds. The van der Waals surface area contributed by atoms with Crippen molar-refractivity contribution in [3.63, 3.8) is 0 Å². The van der Waals surface area contributed by atoms with E-state index >= 15 is 0 Å². The van der Waals surface area contributed by atoms with Crippen LogP contribution in [0.2, 0.25) is 0 Å². The van der Waals surface area contributed by atoms with E-state index in [1.54, 1.807) is 11.8 Å². The quantitative estimate of drug-likeness (QED) is 0.747. The van der Waals surface area contributed by atoms with Crippen molar-refractivity contribution in [3.05, 3.63) is 0 Å². The van der Waals surface area contributed by atoms with Crippen molar-refractivity contribution < 1.29 is 14.3 Å². The lowest BCUT2D eigenvalue weighted by molar-refractivity contribution is -0.149. The molecule has 5 heteroatoms. The molecule has 108 valence electrons. The maximum absolute atomic E-state index is 12.5. The summed E-state index contributed by atoms with van der Waals surface area (Å²) in [6.07, 6.45) is 2.88. The molecular formula is C14H24N2O3. The van der Waals surface area contributed by atoms with Gasteiger partial charge in [-0.3, -0.25) is 9.59 Å². The number of hydrogen-bond donors (Lipinski definition) is 0. The molecule has 0 aromatic heterocycles. The molecule has 2 unspecified atom stereocenters. The number of carbonyl (C=O) groups is 2. The van der Waals surface area contributed by atoms with Crippen molar-refractivity contribution in [3.8, 4) is 0 Å². The van der Waals surface area contributed by atoms with Crippen LogP contribution < -0.4 is 0 Å². The average Bonchev–Trinajstić information content (AvgIpc) is 2.46. The highest BCUT2D eigenvalue weighted by Crippen LogP contribution is 2.25. The molecule has 0 saturated carbocycles. The highest BCUT2D eigenvalue weighted by atomic mass is 16.5. The van der Waals surface area contributed by atoms with Crippen LogP contribution in [0.4, 0.5) is 0 Å². The topological polar surface area (TPSA) is 49.9 Å². The summed E-state index contributed by atoms with van der Waals surface area (Å²) in [5.74, 6) is 0.330. The van der Waals surface area contributed by atoms with Crippen molar-refractivity contribution in [2.75, 3.05) is 32.8 Å². The van der Waals surface area contributed by atoms with Gasteiger partial charge in [0.15, 0.2) is 0 Å². The lowest BCUT2D eigenvalue weighted by atomic mass is 9.91. The van der Waals surface area contributed by atoms with Crippen LogP contribution in [0.5, 0.6) is 0 Å². The van der Waals surface area contributed by atoms with E-state index in [1.165, 1.54) is 0 Å². The van der Waals surface area contributed by atoms with Crippen molar-refractivity contribution in [2.24, 2.45) is 5.92 Å². The van der Waals surface area contributed by atoms with Crippen molar-refractivity contribution >= 4 is 11.8 Å². The SMILES string of the molecule is CCC1OCCCC1C(=O)N1CCN(C(C)=O)CC1. The third-order valence-corrected chi connectivity index (χ3v) is 4.20. The number of piperazine rings is 1.